The van der Waals surface area contributed by atoms with Gasteiger partial charge in [-0.05, 0) is 30.9 Å². The Hall–Kier alpha value is -3.04. The number of ether oxygens (including phenoxy) is 1. The van der Waals surface area contributed by atoms with Crippen molar-refractivity contribution in [1.29, 1.82) is 0 Å². The summed E-state index contributed by atoms with van der Waals surface area (Å²) in [6, 6.07) is 6.28. The van der Waals surface area contributed by atoms with Crippen LogP contribution in [0.25, 0.3) is 0 Å². The fraction of sp³-hybridized carbons (Fsp3) is 0.421. The molecule has 0 saturated heterocycles. The molecule has 0 aliphatic carbocycles. The summed E-state index contributed by atoms with van der Waals surface area (Å²) in [6.45, 7) is -0.276. The van der Waals surface area contributed by atoms with E-state index in [1.807, 2.05) is 0 Å². The van der Waals surface area contributed by atoms with Crippen LogP contribution in [0.3, 0.4) is 0 Å². The van der Waals surface area contributed by atoms with Crippen LogP contribution in [0.2, 0.25) is 0 Å². The Labute approximate surface area is 164 Å². The molecule has 29 heavy (non-hydrogen) atoms. The second kappa shape index (κ2) is 7.09. The van der Waals surface area contributed by atoms with Crippen molar-refractivity contribution in [2.75, 3.05) is 18.7 Å². The molecule has 1 aromatic heterocycles. The average Bonchev–Trinajstić information content (AvgIpc) is 3.04. The molecular formula is C19H19F3N4O3. The minimum absolute atomic E-state index is 0.0366. The van der Waals surface area contributed by atoms with Crippen LogP contribution in [-0.2, 0) is 13.0 Å². The molecule has 0 spiro atoms. The zero-order valence-corrected chi connectivity index (χ0v) is 15.6. The molecule has 10 heteroatoms. The number of aryl methyl sites for hydroxylation is 1. The van der Waals surface area contributed by atoms with Crippen LogP contribution < -0.4 is 9.64 Å². The van der Waals surface area contributed by atoms with Crippen molar-refractivity contribution in [3.05, 3.63) is 42.0 Å². The van der Waals surface area contributed by atoms with Crippen LogP contribution in [-0.4, -0.2) is 46.3 Å². The summed E-state index contributed by atoms with van der Waals surface area (Å²) in [5.41, 5.74) is 1.20. The van der Waals surface area contributed by atoms with Gasteiger partial charge in [0.05, 0.1) is 5.69 Å². The third kappa shape index (κ3) is 3.66. The molecule has 2 aliphatic heterocycles. The Morgan fingerprint density at radius 3 is 2.83 bits per heavy atom. The minimum atomic E-state index is -4.27. The molecule has 2 aromatic rings. The van der Waals surface area contributed by atoms with Crippen LogP contribution in [0, 0.1) is 5.92 Å². The van der Waals surface area contributed by atoms with E-state index in [4.69, 9.17) is 4.74 Å². The van der Waals surface area contributed by atoms with Gasteiger partial charge in [-0.1, -0.05) is 12.1 Å². The molecule has 1 atom stereocenters. The molecule has 4 rings (SSSR count). The zero-order chi connectivity index (χ0) is 20.8. The lowest BCUT2D eigenvalue weighted by molar-refractivity contribution is -0.146. The fourth-order valence-electron chi connectivity index (χ4n) is 3.78. The minimum Gasteiger partial charge on any atom is -0.470 e. The van der Waals surface area contributed by atoms with E-state index in [9.17, 15) is 22.8 Å². The van der Waals surface area contributed by atoms with Crippen molar-refractivity contribution in [1.82, 2.24) is 14.5 Å². The lowest BCUT2D eigenvalue weighted by Gasteiger charge is -2.27. The van der Waals surface area contributed by atoms with Crippen LogP contribution in [0.1, 0.15) is 29.2 Å². The molecule has 3 heterocycles. The van der Waals surface area contributed by atoms with Gasteiger partial charge in [-0.15, -0.1) is 0 Å². The molecule has 0 N–H and O–H groups in total. The Bertz CT molecular complexity index is 956. The number of benzene rings is 1. The Morgan fingerprint density at radius 2 is 2.07 bits per heavy atom. The normalized spacial score (nSPS) is 19.3. The van der Waals surface area contributed by atoms with Gasteiger partial charge in [-0.2, -0.15) is 13.2 Å². The van der Waals surface area contributed by atoms with E-state index < -0.39 is 30.5 Å². The van der Waals surface area contributed by atoms with Crippen molar-refractivity contribution in [3.8, 4) is 5.75 Å². The largest absolute Gasteiger partial charge is 0.470 e. The molecule has 1 aromatic carbocycles. The fourth-order valence-corrected chi connectivity index (χ4v) is 3.78. The summed E-state index contributed by atoms with van der Waals surface area (Å²) in [4.78, 5) is 32.2. The smallest absolute Gasteiger partial charge is 0.389 e. The van der Waals surface area contributed by atoms with E-state index >= 15 is 0 Å². The SMILES string of the molecule is CN1C(=O)N(C(=O)c2ncc3n2CC(CC(F)(F)F)CC3)COc2ccccc21. The highest BCUT2D eigenvalue weighted by Gasteiger charge is 2.37. The first-order valence-corrected chi connectivity index (χ1v) is 9.17. The maximum Gasteiger partial charge on any atom is 0.389 e. The van der Waals surface area contributed by atoms with Gasteiger partial charge in [-0.25, -0.2) is 14.7 Å². The lowest BCUT2D eigenvalue weighted by Crippen LogP contribution is -2.46. The van der Waals surface area contributed by atoms with Crippen molar-refractivity contribution in [2.24, 2.45) is 5.92 Å². The highest BCUT2D eigenvalue weighted by molar-refractivity contribution is 6.08. The number of carbonyl (C=O) groups is 2. The molecule has 2 aliphatic rings. The standard InChI is InChI=1S/C19H19F3N4O3/c1-24-14-4-2-3-5-15(14)29-11-26(18(24)28)17(27)16-23-9-13-7-6-12(10-25(13)16)8-19(20,21)22/h2-5,9,12H,6-8,10-11H2,1H3. The summed E-state index contributed by atoms with van der Waals surface area (Å²) in [7, 11) is 1.52. The van der Waals surface area contributed by atoms with Gasteiger partial charge in [0.25, 0.3) is 0 Å². The molecule has 1 unspecified atom stereocenters. The van der Waals surface area contributed by atoms with E-state index in [0.29, 0.717) is 30.0 Å². The number of anilines is 1. The first-order valence-electron chi connectivity index (χ1n) is 9.17. The zero-order valence-electron chi connectivity index (χ0n) is 15.6. The van der Waals surface area contributed by atoms with Crippen molar-refractivity contribution in [2.45, 2.75) is 32.0 Å². The molecule has 154 valence electrons. The second-order valence-electron chi connectivity index (χ2n) is 7.22. The predicted molar refractivity (Wildman–Crippen MR) is 96.6 cm³/mol. The number of nitrogens with zero attached hydrogens (tertiary/aromatic N) is 4. The molecule has 0 bridgehead atoms. The Morgan fingerprint density at radius 1 is 1.31 bits per heavy atom. The molecule has 3 amide bonds. The highest BCUT2D eigenvalue weighted by atomic mass is 19.4. The number of fused-ring (bicyclic) bond motifs is 2. The van der Waals surface area contributed by atoms with Crippen molar-refractivity contribution in [3.63, 3.8) is 0 Å². The lowest BCUT2D eigenvalue weighted by atomic mass is 9.94. The van der Waals surface area contributed by atoms with Gasteiger partial charge in [-0.3, -0.25) is 9.69 Å². The van der Waals surface area contributed by atoms with Gasteiger partial charge in [0.1, 0.15) is 5.75 Å². The van der Waals surface area contributed by atoms with Gasteiger partial charge < -0.3 is 9.30 Å². The van der Waals surface area contributed by atoms with Gasteiger partial charge in [0.2, 0.25) is 0 Å². The topological polar surface area (TPSA) is 67.7 Å². The van der Waals surface area contributed by atoms with Crippen molar-refractivity contribution < 1.29 is 27.5 Å². The van der Waals surface area contributed by atoms with Gasteiger partial charge in [0.15, 0.2) is 12.6 Å². The number of imidazole rings is 1. The number of hydrogen-bond acceptors (Lipinski definition) is 4. The van der Waals surface area contributed by atoms with E-state index in [2.05, 4.69) is 4.98 Å². The Balaban J connectivity index is 1.59. The van der Waals surface area contributed by atoms with E-state index in [-0.39, 0.29) is 19.1 Å². The van der Waals surface area contributed by atoms with E-state index in [0.717, 1.165) is 4.90 Å². The monoisotopic (exact) mass is 408 g/mol. The first kappa shape index (κ1) is 19.3. The summed E-state index contributed by atoms with van der Waals surface area (Å²) >= 11 is 0. The van der Waals surface area contributed by atoms with Gasteiger partial charge >= 0.3 is 18.1 Å². The van der Waals surface area contributed by atoms with Gasteiger partial charge in [0, 0.05) is 31.9 Å². The number of rotatable bonds is 2. The quantitative estimate of drug-likeness (QED) is 0.764. The van der Waals surface area contributed by atoms with E-state index in [1.165, 1.54) is 22.7 Å². The maximum atomic E-state index is 13.1. The molecule has 0 radical (unpaired) electrons. The highest BCUT2D eigenvalue weighted by Crippen LogP contribution is 2.33. The summed E-state index contributed by atoms with van der Waals surface area (Å²) in [6.07, 6.45) is -2.92. The maximum absolute atomic E-state index is 13.1. The Kier molecular flexibility index (Phi) is 4.71. The summed E-state index contributed by atoms with van der Waals surface area (Å²) < 4.78 is 45.5. The molecule has 0 saturated carbocycles. The number of amides is 3. The number of urea groups is 1. The van der Waals surface area contributed by atoms with Crippen LogP contribution in [0.5, 0.6) is 5.75 Å². The third-order valence-electron chi connectivity index (χ3n) is 5.24. The summed E-state index contributed by atoms with van der Waals surface area (Å²) in [5, 5.41) is 0. The summed E-state index contributed by atoms with van der Waals surface area (Å²) in [5.74, 6) is -0.933. The number of alkyl halides is 3. The number of para-hydroxylation sites is 2. The predicted octanol–water partition coefficient (Wildman–Crippen LogP) is 3.45. The first-order chi connectivity index (χ1) is 13.7. The van der Waals surface area contributed by atoms with E-state index in [1.54, 1.807) is 24.3 Å². The third-order valence-corrected chi connectivity index (χ3v) is 5.24. The van der Waals surface area contributed by atoms with Crippen LogP contribution in [0.4, 0.5) is 23.7 Å². The number of aromatic nitrogens is 2. The van der Waals surface area contributed by atoms with Crippen LogP contribution in [0.15, 0.2) is 30.5 Å². The molecule has 0 fully saturated rings. The second-order valence-corrected chi connectivity index (χ2v) is 7.22. The number of carbonyl (C=O) groups excluding carboxylic acids is 2. The van der Waals surface area contributed by atoms with Crippen molar-refractivity contribution >= 4 is 17.6 Å². The number of hydrogen-bond donors (Lipinski definition) is 0. The van der Waals surface area contributed by atoms with Crippen LogP contribution >= 0.6 is 0 Å². The molecule has 7 nitrogen and oxygen atoms in total. The number of halogens is 3. The average molecular weight is 408 g/mol. The molecular weight excluding hydrogens is 389 g/mol. The number of imide groups is 1.